The Labute approximate surface area is 141 Å². The first kappa shape index (κ1) is 18.8. The van der Waals surface area contributed by atoms with E-state index in [9.17, 15) is 14.7 Å². The number of aliphatic hydroxyl groups excluding tert-OH is 1. The summed E-state index contributed by atoms with van der Waals surface area (Å²) < 4.78 is 10.1. The summed E-state index contributed by atoms with van der Waals surface area (Å²) in [6.07, 6.45) is -0.260. The molecule has 1 aliphatic heterocycles. The number of benzene rings is 1. The summed E-state index contributed by atoms with van der Waals surface area (Å²) >= 11 is 0. The van der Waals surface area contributed by atoms with Crippen LogP contribution in [0.25, 0.3) is 0 Å². The maximum absolute atomic E-state index is 12.0. The summed E-state index contributed by atoms with van der Waals surface area (Å²) in [4.78, 5) is 25.0. The first-order valence-corrected chi connectivity index (χ1v) is 7.15. The van der Waals surface area contributed by atoms with Crippen LogP contribution in [0.3, 0.4) is 0 Å². The first-order chi connectivity index (χ1) is 10.6. The van der Waals surface area contributed by atoms with Gasteiger partial charge in [-0.3, -0.25) is 0 Å². The van der Waals surface area contributed by atoms with E-state index in [2.05, 4.69) is 0 Å². The monoisotopic (exact) mass is 341 g/mol. The number of hydrogen-bond acceptors (Lipinski definition) is 5. The Morgan fingerprint density at radius 2 is 1.91 bits per heavy atom. The van der Waals surface area contributed by atoms with Gasteiger partial charge in [0.25, 0.3) is 0 Å². The minimum absolute atomic E-state index is 0. The Bertz CT molecular complexity index is 573. The van der Waals surface area contributed by atoms with Crippen molar-refractivity contribution < 1.29 is 24.2 Å². The summed E-state index contributed by atoms with van der Waals surface area (Å²) in [5, 5.41) is 9.90. The number of amides is 1. The Kier molecular flexibility index (Phi) is 7.41. The molecule has 126 valence electrons. The molecule has 23 heavy (non-hydrogen) atoms. The zero-order valence-corrected chi connectivity index (χ0v) is 13.7. The lowest BCUT2D eigenvalue weighted by atomic mass is 10.1. The van der Waals surface area contributed by atoms with Crippen molar-refractivity contribution >= 4 is 24.5 Å². The number of nitrogens with zero attached hydrogens (tertiary/aromatic N) is 1. The minimum Gasteiger partial charge on any atom is -0.510 e. The molecule has 1 aromatic rings. The highest BCUT2D eigenvalue weighted by molar-refractivity contribution is 5.89. The quantitative estimate of drug-likeness (QED) is 0.852. The zero-order valence-electron chi connectivity index (χ0n) is 12.9. The molecule has 1 N–H and O–H groups in total. The maximum Gasteiger partial charge on any atom is 0.410 e. The number of halogens is 1. The molecule has 1 heterocycles. The standard InChI is InChI=1S/C16H19NO5.ClH/c1-2-21-15(19)13-8-9-17(10-14(13)18)16(20)22-11-12-6-4-3-5-7-12;/h3-7,18H,2,8-11H2,1H3;1H. The molecule has 1 amide bonds. The fraction of sp³-hybridized carbons (Fsp3) is 0.375. The van der Waals surface area contributed by atoms with E-state index in [1.165, 1.54) is 4.90 Å². The van der Waals surface area contributed by atoms with Gasteiger partial charge in [-0.25, -0.2) is 9.59 Å². The highest BCUT2D eigenvalue weighted by Crippen LogP contribution is 2.18. The molecular weight excluding hydrogens is 322 g/mol. The predicted octanol–water partition coefficient (Wildman–Crippen LogP) is 2.83. The van der Waals surface area contributed by atoms with Crippen molar-refractivity contribution in [2.75, 3.05) is 19.7 Å². The molecule has 0 saturated carbocycles. The van der Waals surface area contributed by atoms with Crippen molar-refractivity contribution in [3.8, 4) is 0 Å². The first-order valence-electron chi connectivity index (χ1n) is 7.15. The molecular formula is C16H20ClNO5. The minimum atomic E-state index is -0.530. The molecule has 0 spiro atoms. The Morgan fingerprint density at radius 1 is 1.22 bits per heavy atom. The van der Waals surface area contributed by atoms with E-state index in [1.54, 1.807) is 6.92 Å². The number of aliphatic hydroxyl groups is 1. The average molecular weight is 342 g/mol. The van der Waals surface area contributed by atoms with Gasteiger partial charge in [-0.2, -0.15) is 0 Å². The van der Waals surface area contributed by atoms with Crippen LogP contribution in [0.2, 0.25) is 0 Å². The Hall–Kier alpha value is -2.21. The van der Waals surface area contributed by atoms with Gasteiger partial charge in [0.1, 0.15) is 12.4 Å². The molecule has 2 rings (SSSR count). The van der Waals surface area contributed by atoms with Gasteiger partial charge in [0, 0.05) is 13.0 Å². The van der Waals surface area contributed by atoms with E-state index in [4.69, 9.17) is 9.47 Å². The third kappa shape index (κ3) is 5.17. The third-order valence-electron chi connectivity index (χ3n) is 3.31. The summed E-state index contributed by atoms with van der Waals surface area (Å²) in [6, 6.07) is 9.34. The fourth-order valence-corrected chi connectivity index (χ4v) is 2.15. The molecule has 0 fully saturated rings. The SMILES string of the molecule is CCOC(=O)C1=C(O)CN(C(=O)OCc2ccccc2)CC1.Cl. The normalized spacial score (nSPS) is 14.0. The molecule has 0 radical (unpaired) electrons. The van der Waals surface area contributed by atoms with Crippen LogP contribution in [0.15, 0.2) is 41.7 Å². The van der Waals surface area contributed by atoms with Crippen molar-refractivity contribution in [2.24, 2.45) is 0 Å². The van der Waals surface area contributed by atoms with Crippen LogP contribution in [0, 0.1) is 0 Å². The second-order valence-electron chi connectivity index (χ2n) is 4.86. The molecule has 6 nitrogen and oxygen atoms in total. The second-order valence-corrected chi connectivity index (χ2v) is 4.86. The van der Waals surface area contributed by atoms with Crippen molar-refractivity contribution in [2.45, 2.75) is 20.0 Å². The lowest BCUT2D eigenvalue weighted by Crippen LogP contribution is -2.38. The van der Waals surface area contributed by atoms with Gasteiger partial charge in [-0.05, 0) is 12.5 Å². The number of carbonyl (C=O) groups excluding carboxylic acids is 2. The smallest absolute Gasteiger partial charge is 0.410 e. The molecule has 0 atom stereocenters. The van der Waals surface area contributed by atoms with Gasteiger partial charge in [0.2, 0.25) is 0 Å². The van der Waals surface area contributed by atoms with Gasteiger partial charge >= 0.3 is 12.1 Å². The van der Waals surface area contributed by atoms with E-state index in [1.807, 2.05) is 30.3 Å². The molecule has 7 heteroatoms. The van der Waals surface area contributed by atoms with Crippen molar-refractivity contribution in [1.82, 2.24) is 4.90 Å². The summed E-state index contributed by atoms with van der Waals surface area (Å²) in [5.74, 6) is -0.668. The molecule has 0 aliphatic carbocycles. The number of hydrogen-bond donors (Lipinski definition) is 1. The van der Waals surface area contributed by atoms with Crippen molar-refractivity contribution in [1.29, 1.82) is 0 Å². The van der Waals surface area contributed by atoms with E-state index in [-0.39, 0.29) is 49.9 Å². The molecule has 0 aromatic heterocycles. The highest BCUT2D eigenvalue weighted by atomic mass is 35.5. The highest BCUT2D eigenvalue weighted by Gasteiger charge is 2.27. The number of carbonyl (C=O) groups is 2. The van der Waals surface area contributed by atoms with E-state index >= 15 is 0 Å². The molecule has 0 bridgehead atoms. The van der Waals surface area contributed by atoms with Crippen LogP contribution >= 0.6 is 12.4 Å². The maximum atomic E-state index is 12.0. The molecule has 1 aromatic carbocycles. The van der Waals surface area contributed by atoms with Gasteiger partial charge in [0.15, 0.2) is 0 Å². The lowest BCUT2D eigenvalue weighted by molar-refractivity contribution is -0.139. The van der Waals surface area contributed by atoms with Gasteiger partial charge in [0.05, 0.1) is 18.7 Å². The second kappa shape index (κ2) is 9.05. The summed E-state index contributed by atoms with van der Waals surface area (Å²) in [7, 11) is 0. The average Bonchev–Trinajstić information content (AvgIpc) is 2.53. The van der Waals surface area contributed by atoms with Crippen LogP contribution in [0.5, 0.6) is 0 Å². The largest absolute Gasteiger partial charge is 0.510 e. The summed E-state index contributed by atoms with van der Waals surface area (Å²) in [5.41, 5.74) is 1.12. The molecule has 0 saturated heterocycles. The van der Waals surface area contributed by atoms with E-state index < -0.39 is 12.1 Å². The molecule has 1 aliphatic rings. The van der Waals surface area contributed by atoms with Crippen LogP contribution in [-0.2, 0) is 20.9 Å². The van der Waals surface area contributed by atoms with Crippen molar-refractivity contribution in [3.05, 3.63) is 47.2 Å². The lowest BCUT2D eigenvalue weighted by Gasteiger charge is -2.27. The van der Waals surface area contributed by atoms with E-state index in [0.717, 1.165) is 5.56 Å². The number of ether oxygens (including phenoxy) is 2. The van der Waals surface area contributed by atoms with Crippen LogP contribution < -0.4 is 0 Å². The van der Waals surface area contributed by atoms with Crippen LogP contribution in [0.4, 0.5) is 4.79 Å². The van der Waals surface area contributed by atoms with Gasteiger partial charge in [-0.15, -0.1) is 12.4 Å². The third-order valence-corrected chi connectivity index (χ3v) is 3.31. The Balaban J connectivity index is 0.00000264. The summed E-state index contributed by atoms with van der Waals surface area (Å²) in [6.45, 7) is 2.39. The van der Waals surface area contributed by atoms with E-state index in [0.29, 0.717) is 6.54 Å². The zero-order chi connectivity index (χ0) is 15.9. The van der Waals surface area contributed by atoms with Gasteiger partial charge in [-0.1, -0.05) is 30.3 Å². The van der Waals surface area contributed by atoms with Crippen LogP contribution in [-0.4, -0.2) is 41.8 Å². The van der Waals surface area contributed by atoms with Crippen LogP contribution in [0.1, 0.15) is 18.9 Å². The Morgan fingerprint density at radius 3 is 2.52 bits per heavy atom. The van der Waals surface area contributed by atoms with Crippen molar-refractivity contribution in [3.63, 3.8) is 0 Å². The molecule has 0 unspecified atom stereocenters. The predicted molar refractivity (Wildman–Crippen MR) is 86.4 cm³/mol. The topological polar surface area (TPSA) is 76.1 Å². The fourth-order valence-electron chi connectivity index (χ4n) is 2.15. The van der Waals surface area contributed by atoms with Gasteiger partial charge < -0.3 is 19.5 Å². The number of rotatable bonds is 4. The number of esters is 1.